The summed E-state index contributed by atoms with van der Waals surface area (Å²) in [6, 6.07) is 4.31. The molecule has 4 saturated carbocycles. The zero-order chi connectivity index (χ0) is 17.6. The maximum absolute atomic E-state index is 14.3. The molecule has 134 valence electrons. The van der Waals surface area contributed by atoms with E-state index in [0.29, 0.717) is 11.4 Å². The fourth-order valence-electron chi connectivity index (χ4n) is 5.53. The molecular weight excluding hydrogens is 337 g/mol. The molecule has 1 amide bonds. The number of halogens is 1. The van der Waals surface area contributed by atoms with Gasteiger partial charge >= 0.3 is 0 Å². The van der Waals surface area contributed by atoms with Crippen LogP contribution >= 0.6 is 11.8 Å². The van der Waals surface area contributed by atoms with Crippen molar-refractivity contribution in [2.45, 2.75) is 50.2 Å². The van der Waals surface area contributed by atoms with Gasteiger partial charge in [-0.1, -0.05) is 0 Å². The number of hydrogen-bond acceptors (Lipinski definition) is 3. The Bertz CT molecular complexity index is 682. The van der Waals surface area contributed by atoms with E-state index in [0.717, 1.165) is 17.8 Å². The molecule has 0 atom stereocenters. The number of benzene rings is 1. The summed E-state index contributed by atoms with van der Waals surface area (Å²) in [6.45, 7) is 1.37. The first-order valence-corrected chi connectivity index (χ1v) is 10.2. The Balaban J connectivity index is 1.42. The van der Waals surface area contributed by atoms with Crippen molar-refractivity contribution in [2.24, 2.45) is 17.8 Å². The SMILES string of the molecule is CC(=O)Nc1ccc(C(=O)CSC23CC4CC(CC(C4)C2)C3)c(F)c1. The van der Waals surface area contributed by atoms with Crippen LogP contribution in [0.2, 0.25) is 0 Å². The summed E-state index contributed by atoms with van der Waals surface area (Å²) in [5.74, 6) is 1.95. The highest BCUT2D eigenvalue weighted by atomic mass is 32.2. The highest BCUT2D eigenvalue weighted by Gasteiger charge is 2.51. The minimum Gasteiger partial charge on any atom is -0.326 e. The van der Waals surface area contributed by atoms with Gasteiger partial charge in [0.1, 0.15) is 5.82 Å². The number of ketones is 1. The molecule has 25 heavy (non-hydrogen) atoms. The molecule has 5 heteroatoms. The van der Waals surface area contributed by atoms with E-state index in [9.17, 15) is 14.0 Å². The number of anilines is 1. The Morgan fingerprint density at radius 2 is 1.76 bits per heavy atom. The predicted molar refractivity (Wildman–Crippen MR) is 98.4 cm³/mol. The van der Waals surface area contributed by atoms with E-state index in [1.807, 2.05) is 0 Å². The summed E-state index contributed by atoms with van der Waals surface area (Å²) in [5, 5.41) is 2.54. The van der Waals surface area contributed by atoms with Crippen molar-refractivity contribution >= 4 is 29.1 Å². The van der Waals surface area contributed by atoms with Gasteiger partial charge in [-0.2, -0.15) is 0 Å². The number of amides is 1. The van der Waals surface area contributed by atoms with Crippen molar-refractivity contribution in [3.8, 4) is 0 Å². The summed E-state index contributed by atoms with van der Waals surface area (Å²) in [6.07, 6.45) is 7.86. The molecule has 5 rings (SSSR count). The molecule has 1 aromatic carbocycles. The van der Waals surface area contributed by atoms with Crippen LogP contribution in [0.5, 0.6) is 0 Å². The largest absolute Gasteiger partial charge is 0.326 e. The van der Waals surface area contributed by atoms with Crippen LogP contribution in [0.4, 0.5) is 10.1 Å². The normalized spacial score (nSPS) is 32.6. The van der Waals surface area contributed by atoms with Crippen molar-refractivity contribution in [3.05, 3.63) is 29.6 Å². The van der Waals surface area contributed by atoms with Crippen LogP contribution in [0, 0.1) is 23.6 Å². The molecule has 0 aromatic heterocycles. The monoisotopic (exact) mass is 361 g/mol. The Labute approximate surface area is 152 Å². The molecule has 0 aliphatic heterocycles. The van der Waals surface area contributed by atoms with Crippen LogP contribution in [0.1, 0.15) is 55.8 Å². The third kappa shape index (κ3) is 3.48. The summed E-state index contributed by atoms with van der Waals surface area (Å²) in [5.41, 5.74) is 0.515. The lowest BCUT2D eigenvalue weighted by atomic mass is 9.56. The fraction of sp³-hybridized carbons (Fsp3) is 0.600. The van der Waals surface area contributed by atoms with Crippen molar-refractivity contribution in [3.63, 3.8) is 0 Å². The van der Waals surface area contributed by atoms with Crippen LogP contribution in [0.15, 0.2) is 18.2 Å². The standard InChI is InChI=1S/C20H24FNO2S/c1-12(23)22-16-2-3-17(18(21)7-16)19(24)11-25-20-8-13-4-14(9-20)6-15(5-13)10-20/h2-3,7,13-15H,4-6,8-11H2,1H3,(H,22,23). The Hall–Kier alpha value is -1.36. The fourth-order valence-corrected chi connectivity index (χ4v) is 7.18. The molecule has 4 bridgehead atoms. The first-order chi connectivity index (χ1) is 11.9. The lowest BCUT2D eigenvalue weighted by molar-refractivity contribution is -0.114. The smallest absolute Gasteiger partial charge is 0.221 e. The van der Waals surface area contributed by atoms with Crippen molar-refractivity contribution < 1.29 is 14.0 Å². The second-order valence-electron chi connectivity index (χ2n) is 8.19. The van der Waals surface area contributed by atoms with Crippen LogP contribution < -0.4 is 5.32 Å². The third-order valence-corrected chi connectivity index (χ3v) is 7.60. The first kappa shape index (κ1) is 17.1. The predicted octanol–water partition coefficient (Wildman–Crippen LogP) is 4.67. The van der Waals surface area contributed by atoms with Gasteiger partial charge in [0.05, 0.1) is 11.3 Å². The van der Waals surface area contributed by atoms with Gasteiger partial charge in [0.2, 0.25) is 5.91 Å². The molecule has 4 aliphatic carbocycles. The Morgan fingerprint density at radius 1 is 1.16 bits per heavy atom. The highest BCUT2D eigenvalue weighted by Crippen LogP contribution is 2.60. The van der Waals surface area contributed by atoms with Gasteiger partial charge < -0.3 is 5.32 Å². The van der Waals surface area contributed by atoms with Crippen LogP contribution in [0.25, 0.3) is 0 Å². The van der Waals surface area contributed by atoms with E-state index < -0.39 is 5.82 Å². The van der Waals surface area contributed by atoms with E-state index in [4.69, 9.17) is 0 Å². The molecule has 0 radical (unpaired) electrons. The summed E-state index contributed by atoms with van der Waals surface area (Å²) in [7, 11) is 0. The average molecular weight is 361 g/mol. The van der Waals surface area contributed by atoms with Gasteiger partial charge in [0, 0.05) is 17.4 Å². The van der Waals surface area contributed by atoms with Crippen molar-refractivity contribution in [1.29, 1.82) is 0 Å². The second kappa shape index (κ2) is 6.42. The molecule has 3 nitrogen and oxygen atoms in total. The molecule has 0 unspecified atom stereocenters. The quantitative estimate of drug-likeness (QED) is 0.775. The second-order valence-corrected chi connectivity index (χ2v) is 9.63. The lowest BCUT2D eigenvalue weighted by Gasteiger charge is -2.56. The molecule has 0 saturated heterocycles. The summed E-state index contributed by atoms with van der Waals surface area (Å²) < 4.78 is 14.5. The van der Waals surface area contributed by atoms with E-state index in [-0.39, 0.29) is 22.0 Å². The molecular formula is C20H24FNO2S. The number of nitrogens with one attached hydrogen (secondary N) is 1. The number of Topliss-reactive ketones (excluding diaryl/α,β-unsaturated/α-hetero) is 1. The molecule has 0 spiro atoms. The molecule has 1 N–H and O–H groups in total. The number of carbonyl (C=O) groups is 2. The van der Waals surface area contributed by atoms with Gasteiger partial charge in [0.25, 0.3) is 0 Å². The topological polar surface area (TPSA) is 46.2 Å². The van der Waals surface area contributed by atoms with Gasteiger partial charge in [-0.25, -0.2) is 4.39 Å². The average Bonchev–Trinajstić information content (AvgIpc) is 2.51. The zero-order valence-corrected chi connectivity index (χ0v) is 15.3. The Morgan fingerprint density at radius 3 is 2.28 bits per heavy atom. The molecule has 4 aliphatic rings. The molecule has 1 aromatic rings. The zero-order valence-electron chi connectivity index (χ0n) is 14.5. The van der Waals surface area contributed by atoms with Crippen LogP contribution in [0.3, 0.4) is 0 Å². The maximum Gasteiger partial charge on any atom is 0.221 e. The summed E-state index contributed by atoms with van der Waals surface area (Å²) in [4.78, 5) is 23.6. The van der Waals surface area contributed by atoms with Crippen LogP contribution in [-0.4, -0.2) is 22.2 Å². The minimum atomic E-state index is -0.553. The minimum absolute atomic E-state index is 0.131. The number of rotatable bonds is 5. The van der Waals surface area contributed by atoms with E-state index >= 15 is 0 Å². The summed E-state index contributed by atoms with van der Waals surface area (Å²) >= 11 is 1.77. The van der Waals surface area contributed by atoms with E-state index in [1.165, 1.54) is 57.6 Å². The van der Waals surface area contributed by atoms with E-state index in [1.54, 1.807) is 17.8 Å². The van der Waals surface area contributed by atoms with Gasteiger partial charge in [0.15, 0.2) is 5.78 Å². The van der Waals surface area contributed by atoms with E-state index in [2.05, 4.69) is 5.32 Å². The number of hydrogen-bond donors (Lipinski definition) is 1. The van der Waals surface area contributed by atoms with Crippen molar-refractivity contribution in [2.75, 3.05) is 11.1 Å². The number of thioether (sulfide) groups is 1. The lowest BCUT2D eigenvalue weighted by Crippen LogP contribution is -2.48. The maximum atomic E-state index is 14.3. The first-order valence-electron chi connectivity index (χ1n) is 9.17. The third-order valence-electron chi connectivity index (χ3n) is 6.08. The molecule has 0 heterocycles. The van der Waals surface area contributed by atoms with Crippen LogP contribution in [-0.2, 0) is 4.79 Å². The number of carbonyl (C=O) groups excluding carboxylic acids is 2. The van der Waals surface area contributed by atoms with Gasteiger partial charge in [-0.15, -0.1) is 11.8 Å². The van der Waals surface area contributed by atoms with Gasteiger partial charge in [-0.3, -0.25) is 9.59 Å². The van der Waals surface area contributed by atoms with Crippen molar-refractivity contribution in [1.82, 2.24) is 0 Å². The molecule has 4 fully saturated rings. The Kier molecular flexibility index (Phi) is 4.38. The van der Waals surface area contributed by atoms with Gasteiger partial charge in [-0.05, 0) is 74.5 Å². The highest BCUT2D eigenvalue weighted by molar-refractivity contribution is 8.01.